The first-order valence-corrected chi connectivity index (χ1v) is 8.04. The Balaban J connectivity index is 1.71. The molecule has 7 heteroatoms. The number of piperidine rings is 1. The standard InChI is InChI=1S/C17H21N5O2/c1-11-9-12(2)22(20-11)15-4-3-14(10-19-15)17(24)21-7-5-13(6-8-21)16(18)23/h3-4,9-10,13H,5-8H2,1-2H3,(H2,18,23). The second-order valence-corrected chi connectivity index (χ2v) is 6.21. The summed E-state index contributed by atoms with van der Waals surface area (Å²) in [7, 11) is 0. The third kappa shape index (κ3) is 3.15. The van der Waals surface area contributed by atoms with Crippen LogP contribution in [0.25, 0.3) is 5.82 Å². The minimum absolute atomic E-state index is 0.0645. The average Bonchev–Trinajstić information content (AvgIpc) is 2.93. The fourth-order valence-corrected chi connectivity index (χ4v) is 3.05. The molecule has 2 aromatic rings. The zero-order chi connectivity index (χ0) is 17.3. The lowest BCUT2D eigenvalue weighted by atomic mass is 9.96. The summed E-state index contributed by atoms with van der Waals surface area (Å²) < 4.78 is 1.75. The summed E-state index contributed by atoms with van der Waals surface area (Å²) in [5, 5.41) is 4.38. The van der Waals surface area contributed by atoms with E-state index in [0.717, 1.165) is 11.4 Å². The van der Waals surface area contributed by atoms with E-state index in [2.05, 4.69) is 10.1 Å². The molecular weight excluding hydrogens is 306 g/mol. The topological polar surface area (TPSA) is 94.1 Å². The van der Waals surface area contributed by atoms with Crippen molar-refractivity contribution in [2.45, 2.75) is 26.7 Å². The van der Waals surface area contributed by atoms with Gasteiger partial charge in [0.25, 0.3) is 5.91 Å². The molecule has 0 radical (unpaired) electrons. The van der Waals surface area contributed by atoms with E-state index in [1.807, 2.05) is 19.9 Å². The molecule has 1 fully saturated rings. The minimum Gasteiger partial charge on any atom is -0.369 e. The Morgan fingerprint density at radius 1 is 1.21 bits per heavy atom. The molecule has 7 nitrogen and oxygen atoms in total. The van der Waals surface area contributed by atoms with Crippen LogP contribution in [-0.4, -0.2) is 44.6 Å². The van der Waals surface area contributed by atoms with E-state index in [1.165, 1.54) is 0 Å². The first-order chi connectivity index (χ1) is 11.5. The van der Waals surface area contributed by atoms with E-state index in [1.54, 1.807) is 27.9 Å². The lowest BCUT2D eigenvalue weighted by Crippen LogP contribution is -2.41. The second-order valence-electron chi connectivity index (χ2n) is 6.21. The highest BCUT2D eigenvalue weighted by Gasteiger charge is 2.26. The van der Waals surface area contributed by atoms with E-state index >= 15 is 0 Å². The van der Waals surface area contributed by atoms with Gasteiger partial charge in [0.15, 0.2) is 5.82 Å². The molecule has 1 saturated heterocycles. The fraction of sp³-hybridized carbons (Fsp3) is 0.412. The number of primary amides is 1. The quantitative estimate of drug-likeness (QED) is 0.917. The normalized spacial score (nSPS) is 15.5. The monoisotopic (exact) mass is 327 g/mol. The molecule has 0 aromatic carbocycles. The van der Waals surface area contributed by atoms with Crippen molar-refractivity contribution in [3.8, 4) is 5.82 Å². The number of carbonyl (C=O) groups is 2. The molecule has 0 aliphatic carbocycles. The molecule has 0 atom stereocenters. The predicted molar refractivity (Wildman–Crippen MR) is 88.7 cm³/mol. The van der Waals surface area contributed by atoms with Crippen molar-refractivity contribution in [1.82, 2.24) is 19.7 Å². The number of amides is 2. The number of nitrogens with zero attached hydrogens (tertiary/aromatic N) is 4. The minimum atomic E-state index is -0.280. The van der Waals surface area contributed by atoms with Crippen molar-refractivity contribution in [2.24, 2.45) is 11.7 Å². The predicted octanol–water partition coefficient (Wildman–Crippen LogP) is 1.22. The summed E-state index contributed by atoms with van der Waals surface area (Å²) >= 11 is 0. The van der Waals surface area contributed by atoms with E-state index in [9.17, 15) is 9.59 Å². The highest BCUT2D eigenvalue weighted by atomic mass is 16.2. The van der Waals surface area contributed by atoms with Crippen molar-refractivity contribution >= 4 is 11.8 Å². The Morgan fingerprint density at radius 3 is 2.42 bits per heavy atom. The van der Waals surface area contributed by atoms with Gasteiger partial charge in [-0.3, -0.25) is 9.59 Å². The number of rotatable bonds is 3. The van der Waals surface area contributed by atoms with E-state index < -0.39 is 0 Å². The number of carbonyl (C=O) groups excluding carboxylic acids is 2. The molecule has 0 bridgehead atoms. The Hall–Kier alpha value is -2.70. The Bertz CT molecular complexity index is 758. The first kappa shape index (κ1) is 16.2. The van der Waals surface area contributed by atoms with Gasteiger partial charge in [0.2, 0.25) is 5.91 Å². The van der Waals surface area contributed by atoms with Gasteiger partial charge in [0.1, 0.15) is 0 Å². The molecule has 1 aliphatic heterocycles. The number of hydrogen-bond donors (Lipinski definition) is 1. The van der Waals surface area contributed by atoms with Gasteiger partial charge >= 0.3 is 0 Å². The summed E-state index contributed by atoms with van der Waals surface area (Å²) in [6.45, 7) is 4.98. The maximum atomic E-state index is 12.5. The van der Waals surface area contributed by atoms with Gasteiger partial charge in [-0.1, -0.05) is 0 Å². The Labute approximate surface area is 140 Å². The van der Waals surface area contributed by atoms with E-state index in [-0.39, 0.29) is 17.7 Å². The number of aromatic nitrogens is 3. The van der Waals surface area contributed by atoms with Gasteiger partial charge in [0.05, 0.1) is 11.3 Å². The van der Waals surface area contributed by atoms with Gasteiger partial charge in [-0.15, -0.1) is 0 Å². The number of aryl methyl sites for hydroxylation is 2. The van der Waals surface area contributed by atoms with Crippen molar-refractivity contribution in [1.29, 1.82) is 0 Å². The first-order valence-electron chi connectivity index (χ1n) is 8.04. The molecule has 24 heavy (non-hydrogen) atoms. The fourth-order valence-electron chi connectivity index (χ4n) is 3.05. The lowest BCUT2D eigenvalue weighted by molar-refractivity contribution is -0.123. The third-order valence-electron chi connectivity index (χ3n) is 4.41. The van der Waals surface area contributed by atoms with Gasteiger partial charge in [0, 0.05) is 30.9 Å². The molecule has 3 rings (SSSR count). The maximum Gasteiger partial charge on any atom is 0.255 e. The van der Waals surface area contributed by atoms with Crippen molar-refractivity contribution in [2.75, 3.05) is 13.1 Å². The van der Waals surface area contributed by atoms with Crippen LogP contribution >= 0.6 is 0 Å². The molecule has 1 aliphatic rings. The zero-order valence-electron chi connectivity index (χ0n) is 13.9. The van der Waals surface area contributed by atoms with Crippen LogP contribution in [0.4, 0.5) is 0 Å². The van der Waals surface area contributed by atoms with Crippen LogP contribution < -0.4 is 5.73 Å². The SMILES string of the molecule is Cc1cc(C)n(-c2ccc(C(=O)N3CCC(C(N)=O)CC3)cn2)n1. The molecule has 126 valence electrons. The average molecular weight is 327 g/mol. The summed E-state index contributed by atoms with van der Waals surface area (Å²) in [5.41, 5.74) is 7.78. The number of pyridine rings is 1. The summed E-state index contributed by atoms with van der Waals surface area (Å²) in [4.78, 5) is 29.9. The highest BCUT2D eigenvalue weighted by Crippen LogP contribution is 2.19. The molecular formula is C17H21N5O2. The van der Waals surface area contributed by atoms with Crippen LogP contribution in [-0.2, 0) is 4.79 Å². The molecule has 0 saturated carbocycles. The molecule has 2 amide bonds. The summed E-state index contributed by atoms with van der Waals surface area (Å²) in [6.07, 6.45) is 2.82. The Morgan fingerprint density at radius 2 is 1.92 bits per heavy atom. The van der Waals surface area contributed by atoms with Gasteiger partial charge < -0.3 is 10.6 Å². The number of hydrogen-bond acceptors (Lipinski definition) is 4. The van der Waals surface area contributed by atoms with Crippen LogP contribution in [0.5, 0.6) is 0 Å². The van der Waals surface area contributed by atoms with Gasteiger partial charge in [-0.25, -0.2) is 9.67 Å². The maximum absolute atomic E-state index is 12.5. The highest BCUT2D eigenvalue weighted by molar-refractivity contribution is 5.94. The van der Waals surface area contributed by atoms with Crippen LogP contribution in [0.3, 0.4) is 0 Å². The Kier molecular flexibility index (Phi) is 4.33. The third-order valence-corrected chi connectivity index (χ3v) is 4.41. The molecule has 0 unspecified atom stereocenters. The number of likely N-dealkylation sites (tertiary alicyclic amines) is 1. The van der Waals surface area contributed by atoms with Crippen LogP contribution in [0.2, 0.25) is 0 Å². The summed E-state index contributed by atoms with van der Waals surface area (Å²) in [5.74, 6) is 0.216. The van der Waals surface area contributed by atoms with Gasteiger partial charge in [-0.2, -0.15) is 5.10 Å². The molecule has 3 heterocycles. The van der Waals surface area contributed by atoms with Crippen LogP contribution in [0, 0.1) is 19.8 Å². The van der Waals surface area contributed by atoms with Crippen molar-refractivity contribution in [3.63, 3.8) is 0 Å². The molecule has 2 N–H and O–H groups in total. The second kappa shape index (κ2) is 6.43. The number of nitrogens with two attached hydrogens (primary N) is 1. The molecule has 0 spiro atoms. The largest absolute Gasteiger partial charge is 0.369 e. The van der Waals surface area contributed by atoms with Crippen LogP contribution in [0.15, 0.2) is 24.4 Å². The molecule has 2 aromatic heterocycles. The summed E-state index contributed by atoms with van der Waals surface area (Å²) in [6, 6.07) is 5.54. The smallest absolute Gasteiger partial charge is 0.255 e. The van der Waals surface area contributed by atoms with Gasteiger partial charge in [-0.05, 0) is 44.9 Å². The zero-order valence-corrected chi connectivity index (χ0v) is 13.9. The van der Waals surface area contributed by atoms with Crippen molar-refractivity contribution in [3.05, 3.63) is 41.3 Å². The van der Waals surface area contributed by atoms with Crippen molar-refractivity contribution < 1.29 is 9.59 Å². The van der Waals surface area contributed by atoms with E-state index in [4.69, 9.17) is 5.73 Å². The van der Waals surface area contributed by atoms with E-state index in [0.29, 0.717) is 37.3 Å². The van der Waals surface area contributed by atoms with Crippen LogP contribution in [0.1, 0.15) is 34.6 Å². The lowest BCUT2D eigenvalue weighted by Gasteiger charge is -2.30.